The average molecular weight is 267 g/mol. The van der Waals surface area contributed by atoms with Gasteiger partial charge in [-0.1, -0.05) is 35.9 Å². The largest absolute Gasteiger partial charge is 0.351 e. The molecule has 0 aliphatic heterocycles. The standard InChI is InChI=1S/C14H19ClN2O/c1-4-9-16-14(18)11(2)17(3)10-12-7-5-6-8-13(12)15/h4-8,11H,1,9-10H2,2-3H3,(H,16,18)/t11-/m0/s1. The zero-order valence-corrected chi connectivity index (χ0v) is 11.6. The monoisotopic (exact) mass is 266 g/mol. The molecule has 0 saturated heterocycles. The summed E-state index contributed by atoms with van der Waals surface area (Å²) in [6.07, 6.45) is 1.67. The summed E-state index contributed by atoms with van der Waals surface area (Å²) in [7, 11) is 1.90. The zero-order valence-electron chi connectivity index (χ0n) is 10.8. The minimum Gasteiger partial charge on any atom is -0.351 e. The van der Waals surface area contributed by atoms with Gasteiger partial charge in [0.2, 0.25) is 5.91 Å². The van der Waals surface area contributed by atoms with E-state index in [-0.39, 0.29) is 11.9 Å². The first-order valence-corrected chi connectivity index (χ1v) is 6.26. The Bertz CT molecular complexity index is 420. The van der Waals surface area contributed by atoms with E-state index in [4.69, 9.17) is 11.6 Å². The van der Waals surface area contributed by atoms with E-state index in [1.165, 1.54) is 0 Å². The van der Waals surface area contributed by atoms with Crippen molar-refractivity contribution in [3.8, 4) is 0 Å². The van der Waals surface area contributed by atoms with Crippen molar-refractivity contribution in [2.24, 2.45) is 0 Å². The summed E-state index contributed by atoms with van der Waals surface area (Å²) in [6, 6.07) is 7.45. The van der Waals surface area contributed by atoms with E-state index in [1.807, 2.05) is 43.1 Å². The summed E-state index contributed by atoms with van der Waals surface area (Å²) in [6.45, 7) is 6.57. The number of amides is 1. The van der Waals surface area contributed by atoms with Crippen LogP contribution in [-0.2, 0) is 11.3 Å². The molecule has 1 aromatic rings. The van der Waals surface area contributed by atoms with Crippen molar-refractivity contribution in [2.45, 2.75) is 19.5 Å². The van der Waals surface area contributed by atoms with Crippen LogP contribution >= 0.6 is 11.6 Å². The van der Waals surface area contributed by atoms with Crippen LogP contribution in [-0.4, -0.2) is 30.4 Å². The van der Waals surface area contributed by atoms with E-state index >= 15 is 0 Å². The summed E-state index contributed by atoms with van der Waals surface area (Å²) in [5.74, 6) is -0.00977. The van der Waals surface area contributed by atoms with Crippen molar-refractivity contribution in [1.82, 2.24) is 10.2 Å². The van der Waals surface area contributed by atoms with E-state index in [2.05, 4.69) is 11.9 Å². The topological polar surface area (TPSA) is 32.3 Å². The van der Waals surface area contributed by atoms with Crippen molar-refractivity contribution in [3.05, 3.63) is 47.5 Å². The first-order valence-electron chi connectivity index (χ1n) is 5.88. The fraction of sp³-hybridized carbons (Fsp3) is 0.357. The van der Waals surface area contributed by atoms with Crippen LogP contribution in [0.15, 0.2) is 36.9 Å². The number of hydrogen-bond acceptors (Lipinski definition) is 2. The first kappa shape index (κ1) is 14.7. The molecule has 1 amide bonds. The molecular formula is C14H19ClN2O. The average Bonchev–Trinajstić information content (AvgIpc) is 2.37. The molecule has 3 nitrogen and oxygen atoms in total. The third-order valence-electron chi connectivity index (χ3n) is 2.84. The lowest BCUT2D eigenvalue weighted by molar-refractivity contribution is -0.125. The maximum Gasteiger partial charge on any atom is 0.237 e. The van der Waals surface area contributed by atoms with Gasteiger partial charge in [0.15, 0.2) is 0 Å². The van der Waals surface area contributed by atoms with Gasteiger partial charge in [-0.2, -0.15) is 0 Å². The molecular weight excluding hydrogens is 248 g/mol. The maximum absolute atomic E-state index is 11.8. The van der Waals surface area contributed by atoms with Gasteiger partial charge in [-0.3, -0.25) is 9.69 Å². The number of likely N-dealkylation sites (N-methyl/N-ethyl adjacent to an activating group) is 1. The minimum atomic E-state index is -0.207. The number of benzene rings is 1. The predicted molar refractivity (Wildman–Crippen MR) is 75.6 cm³/mol. The Morgan fingerprint density at radius 1 is 1.56 bits per heavy atom. The number of nitrogens with one attached hydrogen (secondary N) is 1. The molecule has 1 aromatic carbocycles. The van der Waals surface area contributed by atoms with Crippen LogP contribution in [0.1, 0.15) is 12.5 Å². The molecule has 0 heterocycles. The van der Waals surface area contributed by atoms with Gasteiger partial charge in [-0.25, -0.2) is 0 Å². The number of carbonyl (C=O) groups excluding carboxylic acids is 1. The molecule has 1 atom stereocenters. The van der Waals surface area contributed by atoms with Crippen LogP contribution in [0, 0.1) is 0 Å². The Labute approximate surface area is 113 Å². The van der Waals surface area contributed by atoms with Gasteiger partial charge in [-0.05, 0) is 25.6 Å². The molecule has 0 radical (unpaired) electrons. The molecule has 98 valence electrons. The molecule has 0 bridgehead atoms. The summed E-state index contributed by atoms with van der Waals surface area (Å²) < 4.78 is 0. The maximum atomic E-state index is 11.8. The van der Waals surface area contributed by atoms with Crippen molar-refractivity contribution in [2.75, 3.05) is 13.6 Å². The van der Waals surface area contributed by atoms with E-state index in [9.17, 15) is 4.79 Å². The van der Waals surface area contributed by atoms with E-state index in [0.717, 1.165) is 10.6 Å². The smallest absolute Gasteiger partial charge is 0.237 e. The van der Waals surface area contributed by atoms with Gasteiger partial charge in [0.05, 0.1) is 6.04 Å². The van der Waals surface area contributed by atoms with E-state index in [0.29, 0.717) is 13.1 Å². The lowest BCUT2D eigenvalue weighted by Crippen LogP contribution is -2.42. The molecule has 18 heavy (non-hydrogen) atoms. The van der Waals surface area contributed by atoms with Gasteiger partial charge in [0, 0.05) is 18.1 Å². The molecule has 0 saturated carbocycles. The fourth-order valence-corrected chi connectivity index (χ4v) is 1.75. The second-order valence-electron chi connectivity index (χ2n) is 4.22. The molecule has 0 aliphatic carbocycles. The summed E-state index contributed by atoms with van der Waals surface area (Å²) in [4.78, 5) is 13.7. The molecule has 0 aromatic heterocycles. The minimum absolute atomic E-state index is 0.00977. The lowest BCUT2D eigenvalue weighted by atomic mass is 10.2. The fourth-order valence-electron chi connectivity index (χ4n) is 1.55. The highest BCUT2D eigenvalue weighted by molar-refractivity contribution is 6.31. The van der Waals surface area contributed by atoms with Crippen LogP contribution in [0.4, 0.5) is 0 Å². The Kier molecular flexibility index (Phi) is 5.89. The second kappa shape index (κ2) is 7.19. The number of rotatable bonds is 6. The SMILES string of the molecule is C=CCNC(=O)[C@H](C)N(C)Cc1ccccc1Cl. The number of carbonyl (C=O) groups is 1. The number of nitrogens with zero attached hydrogens (tertiary/aromatic N) is 1. The van der Waals surface area contributed by atoms with Gasteiger partial charge < -0.3 is 5.32 Å². The summed E-state index contributed by atoms with van der Waals surface area (Å²) in [5.41, 5.74) is 1.02. The van der Waals surface area contributed by atoms with Gasteiger partial charge >= 0.3 is 0 Å². The molecule has 4 heteroatoms. The lowest BCUT2D eigenvalue weighted by Gasteiger charge is -2.24. The van der Waals surface area contributed by atoms with Crippen molar-refractivity contribution in [3.63, 3.8) is 0 Å². The highest BCUT2D eigenvalue weighted by Crippen LogP contribution is 2.17. The Morgan fingerprint density at radius 2 is 2.22 bits per heavy atom. The highest BCUT2D eigenvalue weighted by atomic mass is 35.5. The van der Waals surface area contributed by atoms with Crippen LogP contribution in [0.3, 0.4) is 0 Å². The Morgan fingerprint density at radius 3 is 2.83 bits per heavy atom. The normalized spacial score (nSPS) is 12.2. The summed E-state index contributed by atoms with van der Waals surface area (Å²) >= 11 is 6.10. The second-order valence-corrected chi connectivity index (χ2v) is 4.62. The van der Waals surface area contributed by atoms with Crippen molar-refractivity contribution < 1.29 is 4.79 Å². The third kappa shape index (κ3) is 4.17. The molecule has 0 fully saturated rings. The van der Waals surface area contributed by atoms with Gasteiger partial charge in [0.25, 0.3) is 0 Å². The van der Waals surface area contributed by atoms with Crippen molar-refractivity contribution in [1.29, 1.82) is 0 Å². The van der Waals surface area contributed by atoms with E-state index < -0.39 is 0 Å². The molecule has 0 unspecified atom stereocenters. The first-order chi connectivity index (χ1) is 8.56. The van der Waals surface area contributed by atoms with Crippen LogP contribution in [0.2, 0.25) is 5.02 Å². The number of hydrogen-bond donors (Lipinski definition) is 1. The van der Waals surface area contributed by atoms with Crippen LogP contribution in [0.25, 0.3) is 0 Å². The Balaban J connectivity index is 2.59. The highest BCUT2D eigenvalue weighted by Gasteiger charge is 2.17. The van der Waals surface area contributed by atoms with Crippen LogP contribution in [0.5, 0.6) is 0 Å². The number of halogens is 1. The summed E-state index contributed by atoms with van der Waals surface area (Å²) in [5, 5.41) is 3.51. The molecule has 1 rings (SSSR count). The van der Waals surface area contributed by atoms with Gasteiger partial charge in [-0.15, -0.1) is 6.58 Å². The quantitative estimate of drug-likeness (QED) is 0.803. The van der Waals surface area contributed by atoms with Crippen molar-refractivity contribution >= 4 is 17.5 Å². The van der Waals surface area contributed by atoms with E-state index in [1.54, 1.807) is 6.08 Å². The van der Waals surface area contributed by atoms with Crippen LogP contribution < -0.4 is 5.32 Å². The zero-order chi connectivity index (χ0) is 13.5. The predicted octanol–water partition coefficient (Wildman–Crippen LogP) is 2.46. The molecule has 0 aliphatic rings. The third-order valence-corrected chi connectivity index (χ3v) is 3.21. The van der Waals surface area contributed by atoms with Gasteiger partial charge in [0.1, 0.15) is 0 Å². The molecule has 1 N–H and O–H groups in total. The Hall–Kier alpha value is -1.32. The molecule has 0 spiro atoms.